The molecule has 29 heavy (non-hydrogen) atoms. The first kappa shape index (κ1) is 19.3. The highest BCUT2D eigenvalue weighted by atomic mass is 32.1. The van der Waals surface area contributed by atoms with Crippen LogP contribution in [0.15, 0.2) is 77.4 Å². The average Bonchev–Trinajstić information content (AvgIpc) is 3.35. The Balaban J connectivity index is 1.61. The summed E-state index contributed by atoms with van der Waals surface area (Å²) in [6.45, 7) is 1.77. The van der Waals surface area contributed by atoms with E-state index < -0.39 is 0 Å². The molecule has 0 aliphatic carbocycles. The van der Waals surface area contributed by atoms with E-state index in [1.807, 2.05) is 41.9 Å². The molecule has 2 heterocycles. The third-order valence-corrected chi connectivity index (χ3v) is 5.02. The van der Waals surface area contributed by atoms with Crippen molar-refractivity contribution in [3.63, 3.8) is 0 Å². The van der Waals surface area contributed by atoms with Gasteiger partial charge in [-0.3, -0.25) is 9.47 Å². The molecule has 0 saturated heterocycles. The largest absolute Gasteiger partial charge is 0.461 e. The maximum Gasteiger partial charge on any atom is 0.199 e. The van der Waals surface area contributed by atoms with E-state index in [2.05, 4.69) is 17.0 Å². The minimum absolute atomic E-state index is 0.235. The van der Waals surface area contributed by atoms with Crippen LogP contribution in [0.5, 0.6) is 0 Å². The van der Waals surface area contributed by atoms with E-state index in [-0.39, 0.29) is 5.82 Å². The maximum absolute atomic E-state index is 13.1. The van der Waals surface area contributed by atoms with E-state index in [4.69, 9.17) is 21.7 Å². The fourth-order valence-corrected chi connectivity index (χ4v) is 3.46. The number of nitrogens with zero attached hydrogens (tertiary/aromatic N) is 4. The Hall–Kier alpha value is -3.03. The molecule has 0 unspecified atom stereocenters. The van der Waals surface area contributed by atoms with E-state index in [1.165, 1.54) is 12.1 Å². The zero-order valence-electron chi connectivity index (χ0n) is 16.0. The number of benzene rings is 2. The van der Waals surface area contributed by atoms with Gasteiger partial charge in [-0.2, -0.15) is 0 Å². The van der Waals surface area contributed by atoms with Gasteiger partial charge >= 0.3 is 0 Å². The van der Waals surface area contributed by atoms with Gasteiger partial charge in [-0.05, 0) is 54.7 Å². The van der Waals surface area contributed by atoms with Crippen LogP contribution in [0.3, 0.4) is 0 Å². The molecule has 0 aliphatic heterocycles. The summed E-state index contributed by atoms with van der Waals surface area (Å²) in [5.41, 5.74) is 2.16. The number of halogens is 1. The summed E-state index contributed by atoms with van der Waals surface area (Å²) >= 11 is 5.73. The minimum atomic E-state index is -0.235. The predicted octanol–water partition coefficient (Wildman–Crippen LogP) is 4.95. The monoisotopic (exact) mass is 408 g/mol. The first-order valence-corrected chi connectivity index (χ1v) is 9.69. The molecule has 4 aromatic rings. The van der Waals surface area contributed by atoms with Gasteiger partial charge < -0.3 is 4.42 Å². The fourth-order valence-electron chi connectivity index (χ4n) is 3.21. The van der Waals surface area contributed by atoms with Gasteiger partial charge in [0.25, 0.3) is 0 Å². The van der Waals surface area contributed by atoms with Crippen LogP contribution in [-0.2, 0) is 19.8 Å². The molecule has 148 valence electrons. The van der Waals surface area contributed by atoms with Crippen LogP contribution < -0.4 is 0 Å². The molecule has 2 aromatic carbocycles. The van der Waals surface area contributed by atoms with E-state index in [0.29, 0.717) is 36.1 Å². The van der Waals surface area contributed by atoms with E-state index in [9.17, 15) is 4.39 Å². The maximum atomic E-state index is 13.1. The molecule has 0 saturated carbocycles. The molecule has 0 spiro atoms. The summed E-state index contributed by atoms with van der Waals surface area (Å²) in [5, 5.41) is 4.72. The topological polar surface area (TPSA) is 39.1 Å². The van der Waals surface area contributed by atoms with Crippen molar-refractivity contribution in [3.8, 4) is 11.6 Å². The van der Waals surface area contributed by atoms with Gasteiger partial charge in [-0.1, -0.05) is 42.5 Å². The highest BCUT2D eigenvalue weighted by molar-refractivity contribution is 7.71. The molecule has 0 atom stereocenters. The van der Waals surface area contributed by atoms with Gasteiger partial charge in [-0.25, -0.2) is 9.07 Å². The first-order valence-electron chi connectivity index (χ1n) is 9.28. The number of rotatable bonds is 7. The van der Waals surface area contributed by atoms with Gasteiger partial charge in [0.2, 0.25) is 0 Å². The summed E-state index contributed by atoms with van der Waals surface area (Å²) in [4.78, 5) is 2.08. The molecular weight excluding hydrogens is 387 g/mol. The zero-order valence-corrected chi connectivity index (χ0v) is 16.8. The van der Waals surface area contributed by atoms with Gasteiger partial charge in [0.15, 0.2) is 16.4 Å². The minimum Gasteiger partial charge on any atom is -0.461 e. The molecule has 4 rings (SSSR count). The number of furan rings is 1. The van der Waals surface area contributed by atoms with Crippen molar-refractivity contribution in [2.75, 3.05) is 7.05 Å². The van der Waals surface area contributed by atoms with Crippen molar-refractivity contribution in [3.05, 3.63) is 94.7 Å². The molecule has 0 N–H and O–H groups in total. The van der Waals surface area contributed by atoms with Crippen LogP contribution in [0.25, 0.3) is 11.6 Å². The molecule has 0 aliphatic rings. The third kappa shape index (κ3) is 4.52. The number of aromatic nitrogens is 3. The fraction of sp³-hybridized carbons (Fsp3) is 0.182. The van der Waals surface area contributed by atoms with E-state index in [0.717, 1.165) is 11.1 Å². The lowest BCUT2D eigenvalue weighted by Gasteiger charge is -2.16. The van der Waals surface area contributed by atoms with Gasteiger partial charge in [-0.15, -0.1) is 5.10 Å². The third-order valence-electron chi connectivity index (χ3n) is 4.59. The van der Waals surface area contributed by atoms with Crippen LogP contribution in [0.1, 0.15) is 11.1 Å². The van der Waals surface area contributed by atoms with Crippen LogP contribution >= 0.6 is 12.2 Å². The first-order chi connectivity index (χ1) is 14.1. The summed E-state index contributed by atoms with van der Waals surface area (Å²) in [6.07, 6.45) is 1.63. The van der Waals surface area contributed by atoms with Crippen LogP contribution in [-0.4, -0.2) is 26.3 Å². The average molecular weight is 409 g/mol. The lowest BCUT2D eigenvalue weighted by Crippen LogP contribution is -2.22. The molecular formula is C22H21FN4OS. The van der Waals surface area contributed by atoms with Gasteiger partial charge in [0, 0.05) is 6.54 Å². The Morgan fingerprint density at radius 2 is 1.76 bits per heavy atom. The van der Waals surface area contributed by atoms with Crippen molar-refractivity contribution in [1.29, 1.82) is 0 Å². The molecule has 0 amide bonds. The van der Waals surface area contributed by atoms with Crippen molar-refractivity contribution in [2.45, 2.75) is 19.8 Å². The Morgan fingerprint density at radius 1 is 1.00 bits per heavy atom. The molecule has 0 bridgehead atoms. The summed E-state index contributed by atoms with van der Waals surface area (Å²) in [7, 11) is 1.98. The van der Waals surface area contributed by atoms with Crippen molar-refractivity contribution in [2.24, 2.45) is 0 Å². The van der Waals surface area contributed by atoms with Crippen molar-refractivity contribution in [1.82, 2.24) is 19.2 Å². The van der Waals surface area contributed by atoms with E-state index >= 15 is 0 Å². The molecule has 2 aromatic heterocycles. The summed E-state index contributed by atoms with van der Waals surface area (Å²) in [5.74, 6) is 1.13. The Bertz CT molecular complexity index is 1120. The van der Waals surface area contributed by atoms with Crippen LogP contribution in [0, 0.1) is 10.6 Å². The molecule has 0 fully saturated rings. The lowest BCUT2D eigenvalue weighted by atomic mass is 10.2. The lowest BCUT2D eigenvalue weighted by molar-refractivity contribution is 0.244. The van der Waals surface area contributed by atoms with Crippen molar-refractivity contribution < 1.29 is 8.81 Å². The second-order valence-corrected chi connectivity index (χ2v) is 7.30. The Labute approximate surface area is 173 Å². The van der Waals surface area contributed by atoms with Gasteiger partial charge in [0.1, 0.15) is 5.82 Å². The molecule has 7 heteroatoms. The summed E-state index contributed by atoms with van der Waals surface area (Å²) < 4.78 is 23.1. The highest BCUT2D eigenvalue weighted by Crippen LogP contribution is 2.20. The standard InChI is InChI=1S/C22H21FN4OS/c1-25(14-18-9-11-19(23)12-10-18)16-27-22(29)26(15-17-6-3-2-4-7-17)21(24-27)20-8-5-13-28-20/h2-13H,14-16H2,1H3. The summed E-state index contributed by atoms with van der Waals surface area (Å²) in [6, 6.07) is 20.4. The quantitative estimate of drug-likeness (QED) is 0.406. The Morgan fingerprint density at radius 3 is 2.45 bits per heavy atom. The Kier molecular flexibility index (Phi) is 5.69. The number of hydrogen-bond donors (Lipinski definition) is 0. The van der Waals surface area contributed by atoms with Gasteiger partial charge in [0.05, 0.1) is 19.5 Å². The van der Waals surface area contributed by atoms with E-state index in [1.54, 1.807) is 23.1 Å². The second kappa shape index (κ2) is 8.55. The smallest absolute Gasteiger partial charge is 0.199 e. The van der Waals surface area contributed by atoms with Crippen LogP contribution in [0.4, 0.5) is 4.39 Å². The number of hydrogen-bond acceptors (Lipinski definition) is 4. The van der Waals surface area contributed by atoms with Crippen LogP contribution in [0.2, 0.25) is 0 Å². The predicted molar refractivity (Wildman–Crippen MR) is 112 cm³/mol. The molecule has 5 nitrogen and oxygen atoms in total. The normalized spacial score (nSPS) is 11.3. The zero-order chi connectivity index (χ0) is 20.2. The highest BCUT2D eigenvalue weighted by Gasteiger charge is 2.16. The SMILES string of the molecule is CN(Cc1ccc(F)cc1)Cn1nc(-c2ccco2)n(Cc2ccccc2)c1=S. The second-order valence-electron chi connectivity index (χ2n) is 6.94. The van der Waals surface area contributed by atoms with Crippen molar-refractivity contribution >= 4 is 12.2 Å². The molecule has 0 radical (unpaired) electrons.